The predicted octanol–water partition coefficient (Wildman–Crippen LogP) is 1.91. The van der Waals surface area contributed by atoms with Crippen molar-refractivity contribution in [1.82, 2.24) is 5.32 Å². The number of hydrogen-bond acceptors (Lipinski definition) is 4. The van der Waals surface area contributed by atoms with E-state index in [2.05, 4.69) is 5.32 Å². The van der Waals surface area contributed by atoms with E-state index in [0.29, 0.717) is 19.9 Å². The molecule has 4 nitrogen and oxygen atoms in total. The summed E-state index contributed by atoms with van der Waals surface area (Å²) in [7, 11) is 0. The van der Waals surface area contributed by atoms with Crippen molar-refractivity contribution in [2.45, 2.75) is 32.9 Å². The third kappa shape index (κ3) is 2.94. The highest BCUT2D eigenvalue weighted by molar-refractivity contribution is 5.44. The minimum Gasteiger partial charge on any atom is -0.454 e. The highest BCUT2D eigenvalue weighted by Gasteiger charge is 2.24. The molecule has 0 aliphatic carbocycles. The van der Waals surface area contributed by atoms with Crippen LogP contribution in [0, 0.1) is 5.92 Å². The van der Waals surface area contributed by atoms with Crippen molar-refractivity contribution in [2.75, 3.05) is 13.3 Å². The molecule has 0 saturated heterocycles. The summed E-state index contributed by atoms with van der Waals surface area (Å²) >= 11 is 0. The van der Waals surface area contributed by atoms with Crippen LogP contribution < -0.4 is 14.8 Å². The summed E-state index contributed by atoms with van der Waals surface area (Å²) in [5.41, 5.74) is 0.440. The molecule has 2 N–H and O–H groups in total. The van der Waals surface area contributed by atoms with Crippen LogP contribution >= 0.6 is 0 Å². The number of hydrogen-bond donors (Lipinski definition) is 2. The lowest BCUT2D eigenvalue weighted by Crippen LogP contribution is -2.41. The zero-order valence-corrected chi connectivity index (χ0v) is 11.2. The molecule has 0 bridgehead atoms. The molecular formula is C14H21NO3. The van der Waals surface area contributed by atoms with E-state index in [-0.39, 0.29) is 5.92 Å². The Morgan fingerprint density at radius 1 is 1.33 bits per heavy atom. The molecule has 1 aliphatic heterocycles. The molecule has 1 aromatic rings. The van der Waals surface area contributed by atoms with Crippen LogP contribution in [-0.4, -0.2) is 24.0 Å². The number of nitrogens with one attached hydrogen (secondary N) is 1. The zero-order valence-electron chi connectivity index (χ0n) is 11.2. The van der Waals surface area contributed by atoms with Gasteiger partial charge in [0.05, 0.1) is 5.60 Å². The second-order valence-electron chi connectivity index (χ2n) is 5.30. The maximum absolute atomic E-state index is 10.1. The first kappa shape index (κ1) is 13.2. The highest BCUT2D eigenvalue weighted by atomic mass is 16.7. The first-order valence-electron chi connectivity index (χ1n) is 6.30. The predicted molar refractivity (Wildman–Crippen MR) is 69.7 cm³/mol. The van der Waals surface area contributed by atoms with Crippen LogP contribution in [-0.2, 0) is 6.54 Å². The van der Waals surface area contributed by atoms with Crippen LogP contribution in [0.15, 0.2) is 18.2 Å². The van der Waals surface area contributed by atoms with Gasteiger partial charge in [-0.05, 0) is 30.5 Å². The first-order valence-corrected chi connectivity index (χ1v) is 6.30. The van der Waals surface area contributed by atoms with Crippen LogP contribution in [0.4, 0.5) is 0 Å². The van der Waals surface area contributed by atoms with Crippen molar-refractivity contribution in [3.8, 4) is 11.5 Å². The number of rotatable bonds is 5. The molecule has 4 heteroatoms. The quantitative estimate of drug-likeness (QED) is 0.839. The van der Waals surface area contributed by atoms with Gasteiger partial charge in [-0.2, -0.15) is 0 Å². The minimum atomic E-state index is -0.684. The molecule has 0 radical (unpaired) electrons. The summed E-state index contributed by atoms with van der Waals surface area (Å²) in [6, 6.07) is 5.89. The fourth-order valence-electron chi connectivity index (χ4n) is 1.71. The van der Waals surface area contributed by atoms with Gasteiger partial charge in [-0.1, -0.05) is 19.9 Å². The van der Waals surface area contributed by atoms with E-state index in [1.165, 1.54) is 0 Å². The number of ether oxygens (including phenoxy) is 2. The molecule has 1 aliphatic rings. The Balaban J connectivity index is 1.87. The van der Waals surface area contributed by atoms with E-state index in [9.17, 15) is 5.11 Å². The maximum atomic E-state index is 10.1. The Hall–Kier alpha value is -1.26. The Kier molecular flexibility index (Phi) is 3.78. The van der Waals surface area contributed by atoms with Gasteiger partial charge in [0.1, 0.15) is 0 Å². The molecule has 0 amide bonds. The molecule has 2 rings (SSSR count). The Morgan fingerprint density at radius 2 is 2.06 bits per heavy atom. The molecule has 100 valence electrons. The van der Waals surface area contributed by atoms with E-state index in [1.807, 2.05) is 39.0 Å². The lowest BCUT2D eigenvalue weighted by molar-refractivity contribution is 0.0140. The van der Waals surface area contributed by atoms with Gasteiger partial charge in [0.15, 0.2) is 11.5 Å². The molecule has 0 spiro atoms. The summed E-state index contributed by atoms with van der Waals surface area (Å²) in [5, 5.41) is 13.4. The van der Waals surface area contributed by atoms with Crippen molar-refractivity contribution in [3.63, 3.8) is 0 Å². The molecule has 0 fully saturated rings. The molecule has 1 unspecified atom stereocenters. The van der Waals surface area contributed by atoms with Crippen LogP contribution in [0.3, 0.4) is 0 Å². The summed E-state index contributed by atoms with van der Waals surface area (Å²) in [6.07, 6.45) is 0. The molecular weight excluding hydrogens is 230 g/mol. The fourth-order valence-corrected chi connectivity index (χ4v) is 1.71. The first-order chi connectivity index (χ1) is 8.49. The maximum Gasteiger partial charge on any atom is 0.231 e. The van der Waals surface area contributed by atoms with Crippen molar-refractivity contribution in [3.05, 3.63) is 23.8 Å². The molecule has 18 heavy (non-hydrogen) atoms. The molecule has 1 heterocycles. The van der Waals surface area contributed by atoms with E-state index >= 15 is 0 Å². The van der Waals surface area contributed by atoms with E-state index in [0.717, 1.165) is 17.1 Å². The molecule has 1 atom stereocenters. The number of benzene rings is 1. The fraction of sp³-hybridized carbons (Fsp3) is 0.571. The van der Waals surface area contributed by atoms with Crippen LogP contribution in [0.2, 0.25) is 0 Å². The van der Waals surface area contributed by atoms with E-state index in [4.69, 9.17) is 9.47 Å². The normalized spacial score (nSPS) is 16.9. The lowest BCUT2D eigenvalue weighted by atomic mass is 9.92. The van der Waals surface area contributed by atoms with Crippen molar-refractivity contribution < 1.29 is 14.6 Å². The van der Waals surface area contributed by atoms with Gasteiger partial charge < -0.3 is 19.9 Å². The Morgan fingerprint density at radius 3 is 2.78 bits per heavy atom. The smallest absolute Gasteiger partial charge is 0.231 e. The van der Waals surface area contributed by atoms with Gasteiger partial charge in [-0.3, -0.25) is 0 Å². The van der Waals surface area contributed by atoms with Crippen molar-refractivity contribution in [1.29, 1.82) is 0 Å². The van der Waals surface area contributed by atoms with Gasteiger partial charge >= 0.3 is 0 Å². The second-order valence-corrected chi connectivity index (χ2v) is 5.30. The monoisotopic (exact) mass is 251 g/mol. The number of fused-ring (bicyclic) bond motifs is 1. The minimum absolute atomic E-state index is 0.224. The van der Waals surface area contributed by atoms with Crippen LogP contribution in [0.1, 0.15) is 26.3 Å². The molecule has 1 aromatic carbocycles. The average molecular weight is 251 g/mol. The lowest BCUT2D eigenvalue weighted by Gasteiger charge is -2.28. The van der Waals surface area contributed by atoms with Gasteiger partial charge in [0, 0.05) is 13.1 Å². The third-order valence-electron chi connectivity index (χ3n) is 3.49. The molecule has 0 aromatic heterocycles. The SMILES string of the molecule is CC(C)C(C)(O)CNCc1ccc2c(c1)OCO2. The zero-order chi connectivity index (χ0) is 13.2. The van der Waals surface area contributed by atoms with E-state index in [1.54, 1.807) is 0 Å². The summed E-state index contributed by atoms with van der Waals surface area (Å²) in [5.74, 6) is 1.82. The van der Waals surface area contributed by atoms with Gasteiger partial charge in [-0.15, -0.1) is 0 Å². The van der Waals surface area contributed by atoms with Crippen molar-refractivity contribution in [2.24, 2.45) is 5.92 Å². The van der Waals surface area contributed by atoms with Gasteiger partial charge in [0.25, 0.3) is 0 Å². The summed E-state index contributed by atoms with van der Waals surface area (Å²) in [4.78, 5) is 0. The third-order valence-corrected chi connectivity index (χ3v) is 3.49. The Bertz CT molecular complexity index is 416. The van der Waals surface area contributed by atoms with Gasteiger partial charge in [-0.25, -0.2) is 0 Å². The summed E-state index contributed by atoms with van der Waals surface area (Å²) < 4.78 is 10.6. The summed E-state index contributed by atoms with van der Waals surface area (Å²) in [6.45, 7) is 7.46. The standard InChI is InChI=1S/C14H21NO3/c1-10(2)14(3,16)8-15-7-11-4-5-12-13(6-11)18-9-17-12/h4-6,10,15-16H,7-9H2,1-3H3. The number of aliphatic hydroxyl groups is 1. The Labute approximate surface area is 108 Å². The van der Waals surface area contributed by atoms with Gasteiger partial charge in [0.2, 0.25) is 6.79 Å². The molecule has 0 saturated carbocycles. The average Bonchev–Trinajstić information content (AvgIpc) is 2.75. The second kappa shape index (κ2) is 5.16. The highest BCUT2D eigenvalue weighted by Crippen LogP contribution is 2.32. The largest absolute Gasteiger partial charge is 0.454 e. The van der Waals surface area contributed by atoms with Crippen LogP contribution in [0.5, 0.6) is 11.5 Å². The van der Waals surface area contributed by atoms with E-state index < -0.39 is 5.60 Å². The van der Waals surface area contributed by atoms with Crippen LogP contribution in [0.25, 0.3) is 0 Å². The van der Waals surface area contributed by atoms with Crippen molar-refractivity contribution >= 4 is 0 Å². The topological polar surface area (TPSA) is 50.7 Å².